The van der Waals surface area contributed by atoms with Crippen LogP contribution in [0.4, 0.5) is 0 Å². The lowest BCUT2D eigenvalue weighted by Crippen LogP contribution is -2.33. The summed E-state index contributed by atoms with van der Waals surface area (Å²) < 4.78 is 6.89. The Morgan fingerprint density at radius 1 is 1.30 bits per heavy atom. The van der Waals surface area contributed by atoms with Gasteiger partial charge in [0.15, 0.2) is 6.23 Å². The first-order valence-corrected chi connectivity index (χ1v) is 7.75. The Balaban J connectivity index is 0. The summed E-state index contributed by atoms with van der Waals surface area (Å²) in [6.07, 6.45) is 1.61. The van der Waals surface area contributed by atoms with Gasteiger partial charge in [0.1, 0.15) is 0 Å². The topological polar surface area (TPSA) is 84.3 Å². The van der Waals surface area contributed by atoms with Gasteiger partial charge in [0.05, 0.1) is 5.76 Å². The Morgan fingerprint density at radius 2 is 1.83 bits per heavy atom. The maximum Gasteiger partial charge on any atom is 0.331 e. The van der Waals surface area contributed by atoms with Crippen molar-refractivity contribution < 1.29 is 9.84 Å². The third-order valence-electron chi connectivity index (χ3n) is 2.84. The van der Waals surface area contributed by atoms with Gasteiger partial charge < -0.3 is 9.84 Å². The molecule has 0 spiro atoms. The van der Waals surface area contributed by atoms with E-state index in [0.717, 1.165) is 12.7 Å². The van der Waals surface area contributed by atoms with Crippen LogP contribution in [-0.2, 0) is 4.74 Å². The van der Waals surface area contributed by atoms with Crippen LogP contribution in [0.1, 0.15) is 47.3 Å². The molecule has 0 aliphatic carbocycles. The molecule has 1 aliphatic heterocycles. The third kappa shape index (κ3) is 6.69. The van der Waals surface area contributed by atoms with Crippen molar-refractivity contribution in [3.05, 3.63) is 57.6 Å². The maximum absolute atomic E-state index is 11.7. The number of nitrogens with zero attached hydrogens (tertiary/aromatic N) is 1. The molecule has 1 aromatic rings. The molecule has 2 N–H and O–H groups in total. The normalized spacial score (nSPS) is 18.1. The van der Waals surface area contributed by atoms with Crippen LogP contribution >= 0.6 is 0 Å². The summed E-state index contributed by atoms with van der Waals surface area (Å²) in [4.78, 5) is 24.9. The predicted molar refractivity (Wildman–Crippen MR) is 94.3 cm³/mol. The molecule has 0 aromatic carbocycles. The zero-order chi connectivity index (χ0) is 18.6. The van der Waals surface area contributed by atoms with Crippen molar-refractivity contribution in [2.75, 3.05) is 7.11 Å². The molecule has 0 radical (unpaired) electrons. The largest absolute Gasteiger partial charge is 0.474 e. The predicted octanol–water partition coefficient (Wildman–Crippen LogP) is 2.82. The monoisotopic (exact) mass is 326 g/mol. The number of nitrogens with one attached hydrogen (secondary N) is 1. The first-order chi connectivity index (χ1) is 11.0. The number of ether oxygens (including phenoxy) is 1. The molecule has 2 unspecified atom stereocenters. The van der Waals surface area contributed by atoms with Crippen LogP contribution in [0.2, 0.25) is 0 Å². The van der Waals surface area contributed by atoms with Gasteiger partial charge in [-0.25, -0.2) is 4.79 Å². The molecule has 6 heteroatoms. The molecule has 1 fully saturated rings. The summed E-state index contributed by atoms with van der Waals surface area (Å²) in [5, 5.41) is 7.00. The van der Waals surface area contributed by atoms with Gasteiger partial charge in [0.25, 0.3) is 5.56 Å². The van der Waals surface area contributed by atoms with Crippen molar-refractivity contribution in [3.63, 3.8) is 0 Å². The first kappa shape index (κ1) is 23.2. The lowest BCUT2D eigenvalue weighted by atomic mass is 9.98. The highest BCUT2D eigenvalue weighted by Gasteiger charge is 2.33. The van der Waals surface area contributed by atoms with Gasteiger partial charge in [0.2, 0.25) is 0 Å². The third-order valence-corrected chi connectivity index (χ3v) is 2.84. The fourth-order valence-electron chi connectivity index (χ4n) is 1.94. The van der Waals surface area contributed by atoms with E-state index < -0.39 is 17.5 Å². The smallest absolute Gasteiger partial charge is 0.331 e. The van der Waals surface area contributed by atoms with Gasteiger partial charge in [0, 0.05) is 31.7 Å². The zero-order valence-electron chi connectivity index (χ0n) is 15.0. The van der Waals surface area contributed by atoms with Crippen molar-refractivity contribution >= 4 is 0 Å². The van der Waals surface area contributed by atoms with E-state index in [4.69, 9.17) is 9.84 Å². The molecule has 2 heterocycles. The van der Waals surface area contributed by atoms with Crippen molar-refractivity contribution in [3.8, 4) is 0 Å². The molecule has 0 bridgehead atoms. The Morgan fingerprint density at radius 3 is 2.26 bits per heavy atom. The molecule has 6 nitrogen and oxygen atoms in total. The van der Waals surface area contributed by atoms with Crippen molar-refractivity contribution in [2.45, 2.75) is 47.3 Å². The highest BCUT2D eigenvalue weighted by Crippen LogP contribution is 2.38. The van der Waals surface area contributed by atoms with Gasteiger partial charge in [-0.05, 0) is 6.92 Å². The molecule has 0 saturated carbocycles. The van der Waals surface area contributed by atoms with E-state index in [9.17, 15) is 9.59 Å². The second-order valence-corrected chi connectivity index (χ2v) is 4.22. The average molecular weight is 326 g/mol. The number of hydrogen-bond acceptors (Lipinski definition) is 4. The Labute approximate surface area is 138 Å². The van der Waals surface area contributed by atoms with Crippen LogP contribution < -0.4 is 11.2 Å². The number of aromatic nitrogens is 2. The van der Waals surface area contributed by atoms with E-state index in [1.165, 1.54) is 16.8 Å². The summed E-state index contributed by atoms with van der Waals surface area (Å²) in [7, 11) is 1.00. The lowest BCUT2D eigenvalue weighted by molar-refractivity contribution is 0.0713. The number of aliphatic hydroxyl groups excluding tert-OH is 1. The van der Waals surface area contributed by atoms with Crippen molar-refractivity contribution in [1.82, 2.24) is 9.55 Å². The second-order valence-electron chi connectivity index (χ2n) is 4.22. The van der Waals surface area contributed by atoms with Crippen LogP contribution in [0.3, 0.4) is 0 Å². The summed E-state index contributed by atoms with van der Waals surface area (Å²) in [6.45, 7) is 17.5. The van der Waals surface area contributed by atoms with Crippen LogP contribution in [0.25, 0.3) is 0 Å². The van der Waals surface area contributed by atoms with E-state index in [1.54, 1.807) is 0 Å². The highest BCUT2D eigenvalue weighted by molar-refractivity contribution is 5.09. The zero-order valence-corrected chi connectivity index (χ0v) is 15.0. The fraction of sp³-hybridized carbons (Fsp3) is 0.529. The molecule has 1 aliphatic rings. The van der Waals surface area contributed by atoms with Gasteiger partial charge >= 0.3 is 5.69 Å². The van der Waals surface area contributed by atoms with Crippen LogP contribution in [-0.4, -0.2) is 21.8 Å². The minimum absolute atomic E-state index is 0.00565. The van der Waals surface area contributed by atoms with E-state index >= 15 is 0 Å². The second kappa shape index (κ2) is 12.5. The lowest BCUT2D eigenvalue weighted by Gasteiger charge is -2.19. The van der Waals surface area contributed by atoms with Gasteiger partial charge in [-0.2, -0.15) is 0 Å². The van der Waals surface area contributed by atoms with Gasteiger partial charge in [-0.15, -0.1) is 0 Å². The molecular weight excluding hydrogens is 296 g/mol. The molecule has 2 rings (SSSR count). The minimum Gasteiger partial charge on any atom is -0.474 e. The number of aliphatic hydroxyl groups is 1. The Kier molecular flexibility index (Phi) is 12.6. The molecule has 0 amide bonds. The SMILES string of the molecule is C=C1CC(C(=C)C)C(n2ccc(=O)[nH]c2=O)O1.CC.CC.CO. The van der Waals surface area contributed by atoms with Crippen molar-refractivity contribution in [2.24, 2.45) is 5.92 Å². The standard InChI is InChI=1S/C12H14N2O3.2C2H6.CH4O/c1-7(2)9-6-8(3)17-11(9)14-5-4-10(15)13-12(14)16;3*1-2/h4-5,9,11H,1,3,6H2,2H3,(H,13,15,16);2*1-2H3;2H,1H3. The summed E-state index contributed by atoms with van der Waals surface area (Å²) in [6, 6.07) is 1.29. The van der Waals surface area contributed by atoms with E-state index in [1.807, 2.05) is 34.6 Å². The summed E-state index contributed by atoms with van der Waals surface area (Å²) >= 11 is 0. The van der Waals surface area contributed by atoms with Gasteiger partial charge in [-0.1, -0.05) is 46.4 Å². The number of rotatable bonds is 2. The first-order valence-electron chi connectivity index (χ1n) is 7.75. The minimum atomic E-state index is -0.483. The number of H-pyrrole nitrogens is 1. The molecule has 23 heavy (non-hydrogen) atoms. The van der Waals surface area contributed by atoms with E-state index in [-0.39, 0.29) is 5.92 Å². The number of aromatic amines is 1. The van der Waals surface area contributed by atoms with E-state index in [0.29, 0.717) is 12.2 Å². The summed E-state index contributed by atoms with van der Waals surface area (Å²) in [5.74, 6) is 0.632. The average Bonchev–Trinajstić information content (AvgIpc) is 2.95. The molecule has 2 atom stereocenters. The van der Waals surface area contributed by atoms with Crippen LogP contribution in [0.5, 0.6) is 0 Å². The van der Waals surface area contributed by atoms with Crippen LogP contribution in [0.15, 0.2) is 46.3 Å². The number of allylic oxidation sites excluding steroid dienone is 1. The van der Waals surface area contributed by atoms with Crippen LogP contribution in [0, 0.1) is 5.92 Å². The molecular formula is C17H30N2O4. The highest BCUT2D eigenvalue weighted by atomic mass is 16.5. The molecule has 132 valence electrons. The number of hydrogen-bond donors (Lipinski definition) is 2. The van der Waals surface area contributed by atoms with E-state index in [2.05, 4.69) is 18.1 Å². The fourth-order valence-corrected chi connectivity index (χ4v) is 1.94. The maximum atomic E-state index is 11.7. The molecule has 1 saturated heterocycles. The van der Waals surface area contributed by atoms with Gasteiger partial charge in [-0.3, -0.25) is 14.3 Å². The Hall–Kier alpha value is -2.08. The quantitative estimate of drug-likeness (QED) is 0.819. The Bertz CT molecular complexity index is 587. The summed E-state index contributed by atoms with van der Waals surface area (Å²) in [5.41, 5.74) is 0.0187. The van der Waals surface area contributed by atoms with Crippen molar-refractivity contribution in [1.29, 1.82) is 0 Å². The molecule has 1 aromatic heterocycles.